The quantitative estimate of drug-likeness (QED) is 0.661. The lowest BCUT2D eigenvalue weighted by atomic mass is 10.2. The number of aryl methyl sites for hydroxylation is 1. The van der Waals surface area contributed by atoms with Crippen LogP contribution in [0.2, 0.25) is 0 Å². The van der Waals surface area contributed by atoms with Crippen molar-refractivity contribution in [3.05, 3.63) is 35.6 Å². The van der Waals surface area contributed by atoms with Gasteiger partial charge < -0.3 is 9.67 Å². The Morgan fingerprint density at radius 2 is 2.23 bits per heavy atom. The Morgan fingerprint density at radius 1 is 1.36 bits per heavy atom. The molecule has 0 amide bonds. The number of nitrogens with zero attached hydrogens (tertiary/aromatic N) is 4. The lowest BCUT2D eigenvalue weighted by Crippen LogP contribution is -1.96. The Labute approximate surface area is 130 Å². The Bertz CT molecular complexity index is 811. The summed E-state index contributed by atoms with van der Waals surface area (Å²) >= 11 is 1.36. The van der Waals surface area contributed by atoms with Crippen LogP contribution in [0, 0.1) is 5.82 Å². The van der Waals surface area contributed by atoms with Gasteiger partial charge in [-0.05, 0) is 24.6 Å². The second kappa shape index (κ2) is 6.23. The molecule has 0 unspecified atom stereocenters. The standard InChI is InChI=1S/C15H15FN4OS/c1-2-3-7-20-12-9-10(16)4-5-11(12)13(14(20)21)18-19-15-17-6-8-22-15/h4-6,8-9,21H,2-3,7H2,1H3. The average molecular weight is 318 g/mol. The van der Waals surface area contributed by atoms with E-state index in [4.69, 9.17) is 0 Å². The van der Waals surface area contributed by atoms with Gasteiger partial charge in [-0.2, -0.15) is 0 Å². The molecular weight excluding hydrogens is 303 g/mol. The number of aromatic hydroxyl groups is 1. The smallest absolute Gasteiger partial charge is 0.229 e. The SMILES string of the molecule is CCCCn1c(O)c(N=Nc2nccs2)c2ccc(F)cc21. The predicted molar refractivity (Wildman–Crippen MR) is 84.8 cm³/mol. The van der Waals surface area contributed by atoms with E-state index in [1.165, 1.54) is 23.5 Å². The van der Waals surface area contributed by atoms with Crippen molar-refractivity contribution in [1.29, 1.82) is 0 Å². The fourth-order valence-corrected chi connectivity index (χ4v) is 2.74. The van der Waals surface area contributed by atoms with Crippen LogP contribution in [0.25, 0.3) is 10.9 Å². The van der Waals surface area contributed by atoms with Crippen molar-refractivity contribution in [1.82, 2.24) is 9.55 Å². The molecule has 5 nitrogen and oxygen atoms in total. The van der Waals surface area contributed by atoms with Crippen molar-refractivity contribution in [3.63, 3.8) is 0 Å². The maximum Gasteiger partial charge on any atom is 0.229 e. The third-order valence-corrected chi connectivity index (χ3v) is 4.02. The second-order valence-corrected chi connectivity index (χ2v) is 5.73. The summed E-state index contributed by atoms with van der Waals surface area (Å²) in [7, 11) is 0. The number of fused-ring (bicyclic) bond motifs is 1. The molecule has 0 spiro atoms. The van der Waals surface area contributed by atoms with Gasteiger partial charge in [0.25, 0.3) is 0 Å². The molecule has 0 fully saturated rings. The van der Waals surface area contributed by atoms with E-state index in [9.17, 15) is 9.50 Å². The van der Waals surface area contributed by atoms with E-state index in [0.717, 1.165) is 12.8 Å². The normalized spacial score (nSPS) is 11.7. The van der Waals surface area contributed by atoms with Gasteiger partial charge in [-0.1, -0.05) is 13.3 Å². The number of azo groups is 1. The molecule has 0 saturated heterocycles. The van der Waals surface area contributed by atoms with E-state index in [1.807, 2.05) is 0 Å². The molecule has 0 aliphatic carbocycles. The van der Waals surface area contributed by atoms with Crippen molar-refractivity contribution in [2.45, 2.75) is 26.3 Å². The third kappa shape index (κ3) is 2.71. The van der Waals surface area contributed by atoms with Gasteiger partial charge in [-0.3, -0.25) is 0 Å². The number of benzene rings is 1. The van der Waals surface area contributed by atoms with Crippen LogP contribution in [0.3, 0.4) is 0 Å². The first kappa shape index (κ1) is 14.6. The highest BCUT2D eigenvalue weighted by atomic mass is 32.1. The van der Waals surface area contributed by atoms with E-state index >= 15 is 0 Å². The number of rotatable bonds is 5. The Morgan fingerprint density at radius 3 is 2.95 bits per heavy atom. The summed E-state index contributed by atoms with van der Waals surface area (Å²) < 4.78 is 15.2. The monoisotopic (exact) mass is 318 g/mol. The molecular formula is C15H15FN4OS. The number of aromatic nitrogens is 2. The lowest BCUT2D eigenvalue weighted by Gasteiger charge is -2.05. The summed E-state index contributed by atoms with van der Waals surface area (Å²) in [4.78, 5) is 4.02. The van der Waals surface area contributed by atoms with Crippen LogP contribution < -0.4 is 0 Å². The van der Waals surface area contributed by atoms with E-state index in [-0.39, 0.29) is 11.7 Å². The maximum absolute atomic E-state index is 13.5. The van der Waals surface area contributed by atoms with E-state index < -0.39 is 0 Å². The first-order valence-corrected chi connectivity index (χ1v) is 7.90. The molecule has 114 valence electrons. The van der Waals surface area contributed by atoms with Crippen molar-refractivity contribution in [2.75, 3.05) is 0 Å². The summed E-state index contributed by atoms with van der Waals surface area (Å²) in [5.41, 5.74) is 0.973. The summed E-state index contributed by atoms with van der Waals surface area (Å²) in [5.74, 6) is -0.333. The first-order chi connectivity index (χ1) is 10.7. The van der Waals surface area contributed by atoms with Crippen molar-refractivity contribution >= 4 is 33.1 Å². The highest BCUT2D eigenvalue weighted by molar-refractivity contribution is 7.13. The molecule has 0 radical (unpaired) electrons. The number of halogens is 1. The van der Waals surface area contributed by atoms with Gasteiger partial charge in [0.05, 0.1) is 5.52 Å². The topological polar surface area (TPSA) is 62.8 Å². The molecule has 1 aromatic carbocycles. The number of thiazole rings is 1. The second-order valence-electron chi connectivity index (χ2n) is 4.85. The molecule has 0 aliphatic rings. The lowest BCUT2D eigenvalue weighted by molar-refractivity contribution is 0.418. The van der Waals surface area contributed by atoms with Gasteiger partial charge >= 0.3 is 0 Å². The minimum absolute atomic E-state index is 0.00866. The van der Waals surface area contributed by atoms with E-state index in [0.29, 0.717) is 28.3 Å². The van der Waals surface area contributed by atoms with Crippen LogP contribution in [-0.2, 0) is 6.54 Å². The molecule has 22 heavy (non-hydrogen) atoms. The number of hydrogen-bond acceptors (Lipinski definition) is 5. The highest BCUT2D eigenvalue weighted by Gasteiger charge is 2.17. The summed E-state index contributed by atoms with van der Waals surface area (Å²) in [5, 5.41) is 21.6. The minimum atomic E-state index is -0.342. The van der Waals surface area contributed by atoms with Crippen LogP contribution in [0.5, 0.6) is 5.88 Å². The summed E-state index contributed by atoms with van der Waals surface area (Å²) in [6.07, 6.45) is 3.50. The predicted octanol–water partition coefficient (Wildman–Crippen LogP) is 5.16. The molecule has 7 heteroatoms. The molecule has 1 N–H and O–H groups in total. The zero-order valence-corrected chi connectivity index (χ0v) is 12.8. The summed E-state index contributed by atoms with van der Waals surface area (Å²) in [6.45, 7) is 2.67. The van der Waals surface area contributed by atoms with Gasteiger partial charge in [-0.25, -0.2) is 9.37 Å². The number of hydrogen-bond donors (Lipinski definition) is 1. The molecule has 3 aromatic rings. The molecule has 0 saturated carbocycles. The average Bonchev–Trinajstić information content (AvgIpc) is 3.10. The Hall–Kier alpha value is -2.28. The van der Waals surface area contributed by atoms with Gasteiger partial charge in [0.2, 0.25) is 11.0 Å². The molecule has 0 atom stereocenters. The fourth-order valence-electron chi connectivity index (χ4n) is 2.29. The van der Waals surface area contributed by atoms with Crippen LogP contribution in [-0.4, -0.2) is 14.7 Å². The maximum atomic E-state index is 13.5. The molecule has 2 heterocycles. The Kier molecular flexibility index (Phi) is 4.15. The Balaban J connectivity index is 2.10. The van der Waals surface area contributed by atoms with E-state index in [1.54, 1.807) is 22.2 Å². The molecule has 0 aliphatic heterocycles. The fraction of sp³-hybridized carbons (Fsp3) is 0.267. The summed E-state index contributed by atoms with van der Waals surface area (Å²) in [6, 6.07) is 4.38. The highest BCUT2D eigenvalue weighted by Crippen LogP contribution is 2.40. The van der Waals surface area contributed by atoms with Crippen LogP contribution in [0.1, 0.15) is 19.8 Å². The van der Waals surface area contributed by atoms with Gasteiger partial charge in [0.1, 0.15) is 5.82 Å². The van der Waals surface area contributed by atoms with Crippen molar-refractivity contribution in [3.8, 4) is 5.88 Å². The van der Waals surface area contributed by atoms with Crippen LogP contribution in [0.15, 0.2) is 40.0 Å². The van der Waals surface area contributed by atoms with Crippen LogP contribution >= 0.6 is 11.3 Å². The van der Waals surface area contributed by atoms with Crippen molar-refractivity contribution in [2.24, 2.45) is 10.2 Å². The molecule has 0 bridgehead atoms. The van der Waals surface area contributed by atoms with Gasteiger partial charge in [-0.15, -0.1) is 21.6 Å². The minimum Gasteiger partial charge on any atom is -0.493 e. The van der Waals surface area contributed by atoms with Crippen molar-refractivity contribution < 1.29 is 9.50 Å². The van der Waals surface area contributed by atoms with Crippen LogP contribution in [0.4, 0.5) is 15.2 Å². The molecule has 2 aromatic heterocycles. The zero-order chi connectivity index (χ0) is 15.5. The zero-order valence-electron chi connectivity index (χ0n) is 12.0. The molecule has 3 rings (SSSR count). The number of unbranched alkanes of at least 4 members (excludes halogenated alkanes) is 1. The third-order valence-electron chi connectivity index (χ3n) is 3.36. The van der Waals surface area contributed by atoms with Gasteiger partial charge in [0, 0.05) is 23.5 Å². The van der Waals surface area contributed by atoms with E-state index in [2.05, 4.69) is 22.1 Å². The van der Waals surface area contributed by atoms with Gasteiger partial charge in [0.15, 0.2) is 5.69 Å². The largest absolute Gasteiger partial charge is 0.493 e. The first-order valence-electron chi connectivity index (χ1n) is 7.02.